The molecule has 18 heavy (non-hydrogen) atoms. The molecule has 1 aromatic carbocycles. The molecule has 1 heterocycles. The van der Waals surface area contributed by atoms with Gasteiger partial charge in [0.2, 0.25) is 0 Å². The number of aliphatic hydroxyl groups is 1. The van der Waals surface area contributed by atoms with Crippen molar-refractivity contribution in [2.75, 3.05) is 13.2 Å². The van der Waals surface area contributed by atoms with Gasteiger partial charge in [0, 0.05) is 23.7 Å². The van der Waals surface area contributed by atoms with Gasteiger partial charge < -0.3 is 5.11 Å². The molecule has 0 aromatic heterocycles. The van der Waals surface area contributed by atoms with Crippen molar-refractivity contribution in [2.24, 2.45) is 0 Å². The third-order valence-corrected chi connectivity index (χ3v) is 3.96. The molecule has 1 aliphatic rings. The molecule has 2 rings (SSSR count). The van der Waals surface area contributed by atoms with Crippen LogP contribution in [-0.4, -0.2) is 29.2 Å². The molecule has 1 unspecified atom stereocenters. The van der Waals surface area contributed by atoms with E-state index in [1.54, 1.807) is 6.07 Å². The first-order chi connectivity index (χ1) is 8.69. The minimum absolute atomic E-state index is 0.189. The van der Waals surface area contributed by atoms with Crippen LogP contribution < -0.4 is 0 Å². The van der Waals surface area contributed by atoms with Crippen LogP contribution in [0, 0.1) is 5.82 Å². The lowest BCUT2D eigenvalue weighted by molar-refractivity contribution is 0.210. The maximum Gasteiger partial charge on any atom is 0.124 e. The van der Waals surface area contributed by atoms with E-state index in [9.17, 15) is 4.39 Å². The fourth-order valence-corrected chi connectivity index (χ4v) is 3.21. The van der Waals surface area contributed by atoms with Crippen LogP contribution in [0.5, 0.6) is 0 Å². The summed E-state index contributed by atoms with van der Waals surface area (Å²) in [4.78, 5) is 2.40. The minimum atomic E-state index is -0.189. The monoisotopic (exact) mass is 315 g/mol. The maximum absolute atomic E-state index is 13.3. The molecule has 1 fully saturated rings. The van der Waals surface area contributed by atoms with E-state index in [-0.39, 0.29) is 12.4 Å². The fraction of sp³-hybridized carbons (Fsp3) is 0.571. The van der Waals surface area contributed by atoms with Crippen LogP contribution >= 0.6 is 15.9 Å². The average Bonchev–Trinajstić information content (AvgIpc) is 2.72. The van der Waals surface area contributed by atoms with Crippen LogP contribution in [0.15, 0.2) is 22.7 Å². The quantitative estimate of drug-likeness (QED) is 0.901. The number of halogens is 2. The summed E-state index contributed by atoms with van der Waals surface area (Å²) in [6.07, 6.45) is 4.28. The van der Waals surface area contributed by atoms with Gasteiger partial charge >= 0.3 is 0 Å². The zero-order valence-corrected chi connectivity index (χ0v) is 12.0. The van der Waals surface area contributed by atoms with Gasteiger partial charge in [0.05, 0.1) is 0 Å². The van der Waals surface area contributed by atoms with Crippen molar-refractivity contribution in [2.45, 2.75) is 38.3 Å². The van der Waals surface area contributed by atoms with Gasteiger partial charge in [-0.05, 0) is 56.0 Å². The standard InChI is InChI=1S/C14H19BrFNO/c15-12-7-11(8-13(16)9-12)10-17-5-1-3-14(17)4-2-6-18/h7-9,14,18H,1-6,10H2. The van der Waals surface area contributed by atoms with Gasteiger partial charge in [-0.1, -0.05) is 15.9 Å². The topological polar surface area (TPSA) is 23.5 Å². The van der Waals surface area contributed by atoms with E-state index in [1.165, 1.54) is 18.9 Å². The van der Waals surface area contributed by atoms with E-state index >= 15 is 0 Å². The van der Waals surface area contributed by atoms with Crippen LogP contribution in [0.25, 0.3) is 0 Å². The van der Waals surface area contributed by atoms with Gasteiger partial charge in [-0.3, -0.25) is 4.90 Å². The van der Waals surface area contributed by atoms with Crippen molar-refractivity contribution in [1.29, 1.82) is 0 Å². The van der Waals surface area contributed by atoms with Crippen LogP contribution in [0.3, 0.4) is 0 Å². The summed E-state index contributed by atoms with van der Waals surface area (Å²) in [5.41, 5.74) is 1.01. The molecule has 0 spiro atoms. The second kappa shape index (κ2) is 6.64. The average molecular weight is 316 g/mol. The van der Waals surface area contributed by atoms with E-state index in [0.717, 1.165) is 36.0 Å². The van der Waals surface area contributed by atoms with Gasteiger partial charge in [-0.25, -0.2) is 4.39 Å². The molecule has 100 valence electrons. The first-order valence-electron chi connectivity index (χ1n) is 6.49. The molecule has 4 heteroatoms. The van der Waals surface area contributed by atoms with Crippen LogP contribution in [0.4, 0.5) is 4.39 Å². The van der Waals surface area contributed by atoms with Crippen molar-refractivity contribution in [3.63, 3.8) is 0 Å². The first kappa shape index (κ1) is 14.0. The summed E-state index contributed by atoms with van der Waals surface area (Å²) in [5, 5.41) is 8.90. The number of hydrogen-bond acceptors (Lipinski definition) is 2. The highest BCUT2D eigenvalue weighted by Gasteiger charge is 2.23. The van der Waals surface area contributed by atoms with Gasteiger partial charge in [0.25, 0.3) is 0 Å². The largest absolute Gasteiger partial charge is 0.396 e. The second-order valence-electron chi connectivity index (χ2n) is 4.91. The maximum atomic E-state index is 13.3. The number of aliphatic hydroxyl groups excluding tert-OH is 1. The van der Waals surface area contributed by atoms with E-state index < -0.39 is 0 Å². The molecule has 1 atom stereocenters. The van der Waals surface area contributed by atoms with Crippen molar-refractivity contribution in [1.82, 2.24) is 4.90 Å². The molecule has 1 aromatic rings. The summed E-state index contributed by atoms with van der Waals surface area (Å²) < 4.78 is 14.1. The number of hydrogen-bond donors (Lipinski definition) is 1. The normalized spacial score (nSPS) is 20.5. The Morgan fingerprint density at radius 3 is 2.94 bits per heavy atom. The second-order valence-corrected chi connectivity index (χ2v) is 5.83. The zero-order chi connectivity index (χ0) is 13.0. The van der Waals surface area contributed by atoms with Gasteiger partial charge in [0.1, 0.15) is 5.82 Å². The van der Waals surface area contributed by atoms with Gasteiger partial charge in [-0.2, -0.15) is 0 Å². The molecular weight excluding hydrogens is 297 g/mol. The number of likely N-dealkylation sites (tertiary alicyclic amines) is 1. The van der Waals surface area contributed by atoms with Crippen molar-refractivity contribution < 1.29 is 9.50 Å². The first-order valence-corrected chi connectivity index (χ1v) is 7.28. The summed E-state index contributed by atoms with van der Waals surface area (Å²) >= 11 is 3.33. The summed E-state index contributed by atoms with van der Waals surface area (Å²) in [6.45, 7) is 2.13. The van der Waals surface area contributed by atoms with Gasteiger partial charge in [-0.15, -0.1) is 0 Å². The Morgan fingerprint density at radius 2 is 2.22 bits per heavy atom. The number of benzene rings is 1. The smallest absolute Gasteiger partial charge is 0.124 e. The highest BCUT2D eigenvalue weighted by atomic mass is 79.9. The lowest BCUT2D eigenvalue weighted by atomic mass is 10.1. The van der Waals surface area contributed by atoms with Crippen molar-refractivity contribution in [3.05, 3.63) is 34.1 Å². The summed E-state index contributed by atoms with van der Waals surface area (Å²) in [7, 11) is 0. The Hall–Kier alpha value is -0.450. The third kappa shape index (κ3) is 3.77. The number of nitrogens with zero attached hydrogens (tertiary/aromatic N) is 1. The molecule has 1 aliphatic heterocycles. The van der Waals surface area contributed by atoms with E-state index in [4.69, 9.17) is 5.11 Å². The molecule has 0 saturated carbocycles. The van der Waals surface area contributed by atoms with Crippen molar-refractivity contribution >= 4 is 15.9 Å². The Morgan fingerprint density at radius 1 is 1.39 bits per heavy atom. The lowest BCUT2D eigenvalue weighted by Crippen LogP contribution is -2.29. The predicted octanol–water partition coefficient (Wildman–Crippen LogP) is 3.33. The molecule has 0 aliphatic carbocycles. The van der Waals surface area contributed by atoms with E-state index in [0.29, 0.717) is 6.04 Å². The highest BCUT2D eigenvalue weighted by molar-refractivity contribution is 9.10. The predicted molar refractivity (Wildman–Crippen MR) is 73.9 cm³/mol. The Bertz CT molecular complexity index is 379. The minimum Gasteiger partial charge on any atom is -0.396 e. The van der Waals surface area contributed by atoms with E-state index in [2.05, 4.69) is 20.8 Å². The molecule has 0 bridgehead atoms. The SMILES string of the molecule is OCCCC1CCCN1Cc1cc(F)cc(Br)c1. The van der Waals surface area contributed by atoms with Crippen molar-refractivity contribution in [3.8, 4) is 0 Å². The number of rotatable bonds is 5. The molecule has 1 N–H and O–H groups in total. The Labute approximate surface area is 116 Å². The van der Waals surface area contributed by atoms with Crippen LogP contribution in [0.1, 0.15) is 31.2 Å². The summed E-state index contributed by atoms with van der Waals surface area (Å²) in [5.74, 6) is -0.189. The molecule has 0 radical (unpaired) electrons. The molecule has 0 amide bonds. The zero-order valence-electron chi connectivity index (χ0n) is 10.4. The fourth-order valence-electron chi connectivity index (χ4n) is 2.69. The molecule has 2 nitrogen and oxygen atoms in total. The molecular formula is C14H19BrFNO. The Kier molecular flexibility index (Phi) is 5.15. The van der Waals surface area contributed by atoms with Crippen LogP contribution in [0.2, 0.25) is 0 Å². The van der Waals surface area contributed by atoms with Crippen LogP contribution in [-0.2, 0) is 6.54 Å². The lowest BCUT2D eigenvalue weighted by Gasteiger charge is -2.24. The highest BCUT2D eigenvalue weighted by Crippen LogP contribution is 2.24. The molecule has 1 saturated heterocycles. The Balaban J connectivity index is 1.98. The third-order valence-electron chi connectivity index (χ3n) is 3.50. The van der Waals surface area contributed by atoms with E-state index in [1.807, 2.05) is 6.07 Å². The summed E-state index contributed by atoms with van der Waals surface area (Å²) in [6, 6.07) is 5.60. The van der Waals surface area contributed by atoms with Gasteiger partial charge in [0.15, 0.2) is 0 Å².